The first kappa shape index (κ1) is 21.4. The van der Waals surface area contributed by atoms with Gasteiger partial charge in [-0.3, -0.25) is 0 Å². The molecule has 0 radical (unpaired) electrons. The van der Waals surface area contributed by atoms with E-state index < -0.39 is 0 Å². The molecule has 4 rings (SSSR count). The van der Waals surface area contributed by atoms with Gasteiger partial charge in [-0.15, -0.1) is 0 Å². The molecule has 4 nitrogen and oxygen atoms in total. The summed E-state index contributed by atoms with van der Waals surface area (Å²) in [6.45, 7) is 4.20. The maximum atomic E-state index is 5.90. The van der Waals surface area contributed by atoms with Gasteiger partial charge < -0.3 is 15.0 Å². The van der Waals surface area contributed by atoms with E-state index in [1.165, 1.54) is 41.6 Å². The van der Waals surface area contributed by atoms with Gasteiger partial charge in [0.05, 0.1) is 17.5 Å². The van der Waals surface area contributed by atoms with E-state index in [2.05, 4.69) is 64.6 Å². The maximum Gasteiger partial charge on any atom is 0.130 e. The van der Waals surface area contributed by atoms with Gasteiger partial charge in [-0.05, 0) is 54.2 Å². The summed E-state index contributed by atoms with van der Waals surface area (Å²) in [5, 5.41) is 3.61. The van der Waals surface area contributed by atoms with E-state index in [4.69, 9.17) is 4.74 Å². The number of hydrogen-bond donors (Lipinski definition) is 1. The highest BCUT2D eigenvalue weighted by molar-refractivity contribution is 5.79. The average Bonchev–Trinajstić information content (AvgIpc) is 2.81. The molecule has 0 spiro atoms. The zero-order valence-electron chi connectivity index (χ0n) is 18.7. The molecular formula is C27H33N3O. The molecule has 1 N–H and O–H groups in total. The molecule has 2 heterocycles. The SMILES string of the molecule is CCCCC(OC)c1cc2c(c(Nc3ccccn3)c1)N(Cc1ccccc1)CCC2. The topological polar surface area (TPSA) is 37.4 Å². The zero-order valence-corrected chi connectivity index (χ0v) is 18.7. The smallest absolute Gasteiger partial charge is 0.130 e. The van der Waals surface area contributed by atoms with Crippen LogP contribution in [0, 0.1) is 0 Å². The molecule has 0 saturated carbocycles. The van der Waals surface area contributed by atoms with Gasteiger partial charge in [0.1, 0.15) is 5.82 Å². The van der Waals surface area contributed by atoms with Gasteiger partial charge in [-0.2, -0.15) is 0 Å². The Morgan fingerprint density at radius 1 is 1.10 bits per heavy atom. The quantitative estimate of drug-likeness (QED) is 0.424. The second-order valence-corrected chi connectivity index (χ2v) is 8.29. The molecular weight excluding hydrogens is 382 g/mol. The molecule has 0 saturated heterocycles. The summed E-state index contributed by atoms with van der Waals surface area (Å²) in [7, 11) is 1.83. The van der Waals surface area contributed by atoms with Gasteiger partial charge in [0.15, 0.2) is 0 Å². The molecule has 0 bridgehead atoms. The van der Waals surface area contributed by atoms with Crippen molar-refractivity contribution in [3.63, 3.8) is 0 Å². The molecule has 1 aliphatic rings. The fraction of sp³-hybridized carbons (Fsp3) is 0.370. The fourth-order valence-electron chi connectivity index (χ4n) is 4.48. The highest BCUT2D eigenvalue weighted by Gasteiger charge is 2.24. The van der Waals surface area contributed by atoms with Crippen molar-refractivity contribution in [2.75, 3.05) is 23.9 Å². The summed E-state index contributed by atoms with van der Waals surface area (Å²) in [5.74, 6) is 0.870. The maximum absolute atomic E-state index is 5.90. The molecule has 162 valence electrons. The molecule has 0 aliphatic carbocycles. The highest BCUT2D eigenvalue weighted by atomic mass is 16.5. The molecule has 1 aromatic heterocycles. The number of fused-ring (bicyclic) bond motifs is 1. The first-order chi connectivity index (χ1) is 15.3. The van der Waals surface area contributed by atoms with Crippen LogP contribution in [0.4, 0.5) is 17.2 Å². The lowest BCUT2D eigenvalue weighted by molar-refractivity contribution is 0.0936. The third-order valence-electron chi connectivity index (χ3n) is 6.02. The number of nitrogens with one attached hydrogen (secondary N) is 1. The van der Waals surface area contributed by atoms with Gasteiger partial charge in [0.2, 0.25) is 0 Å². The fourth-order valence-corrected chi connectivity index (χ4v) is 4.48. The van der Waals surface area contributed by atoms with Crippen LogP contribution in [0.5, 0.6) is 0 Å². The number of ether oxygens (including phenoxy) is 1. The molecule has 3 aromatic rings. The number of benzene rings is 2. The van der Waals surface area contributed by atoms with Gasteiger partial charge in [-0.1, -0.05) is 62.2 Å². The summed E-state index contributed by atoms with van der Waals surface area (Å²) < 4.78 is 5.90. The second-order valence-electron chi connectivity index (χ2n) is 8.29. The van der Waals surface area contributed by atoms with E-state index in [0.29, 0.717) is 0 Å². The van der Waals surface area contributed by atoms with E-state index in [-0.39, 0.29) is 6.10 Å². The van der Waals surface area contributed by atoms with Crippen molar-refractivity contribution in [2.24, 2.45) is 0 Å². The van der Waals surface area contributed by atoms with Crippen LogP contribution in [0.2, 0.25) is 0 Å². The Bertz CT molecular complexity index is 959. The molecule has 1 atom stereocenters. The van der Waals surface area contributed by atoms with Crippen molar-refractivity contribution >= 4 is 17.2 Å². The predicted octanol–water partition coefficient (Wildman–Crippen LogP) is 6.66. The van der Waals surface area contributed by atoms with E-state index in [9.17, 15) is 0 Å². The zero-order chi connectivity index (χ0) is 21.5. The molecule has 2 aromatic carbocycles. The first-order valence-corrected chi connectivity index (χ1v) is 11.4. The lowest BCUT2D eigenvalue weighted by Gasteiger charge is -2.34. The number of anilines is 3. The van der Waals surface area contributed by atoms with Gasteiger partial charge in [0, 0.05) is 26.4 Å². The van der Waals surface area contributed by atoms with Crippen molar-refractivity contribution in [2.45, 2.75) is 51.7 Å². The van der Waals surface area contributed by atoms with Crippen molar-refractivity contribution in [3.8, 4) is 0 Å². The van der Waals surface area contributed by atoms with E-state index in [1.54, 1.807) is 0 Å². The molecule has 1 unspecified atom stereocenters. The minimum atomic E-state index is 0.124. The normalized spacial score (nSPS) is 14.2. The van der Waals surface area contributed by atoms with Crippen LogP contribution in [0.3, 0.4) is 0 Å². The number of pyridine rings is 1. The minimum absolute atomic E-state index is 0.124. The first-order valence-electron chi connectivity index (χ1n) is 11.4. The van der Waals surface area contributed by atoms with E-state index in [1.807, 2.05) is 31.5 Å². The van der Waals surface area contributed by atoms with Crippen LogP contribution in [-0.2, 0) is 17.7 Å². The minimum Gasteiger partial charge on any atom is -0.377 e. The summed E-state index contributed by atoms with van der Waals surface area (Å²) in [6, 6.07) is 21.4. The average molecular weight is 416 g/mol. The van der Waals surface area contributed by atoms with Gasteiger partial charge in [-0.25, -0.2) is 4.98 Å². The van der Waals surface area contributed by atoms with E-state index >= 15 is 0 Å². The molecule has 0 fully saturated rings. The Hall–Kier alpha value is -2.85. The van der Waals surface area contributed by atoms with Crippen LogP contribution in [0.15, 0.2) is 66.9 Å². The lowest BCUT2D eigenvalue weighted by Crippen LogP contribution is -2.30. The van der Waals surface area contributed by atoms with Crippen LogP contribution >= 0.6 is 0 Å². The van der Waals surface area contributed by atoms with Crippen LogP contribution < -0.4 is 10.2 Å². The third kappa shape index (κ3) is 5.26. The molecule has 0 amide bonds. The van der Waals surface area contributed by atoms with Crippen molar-refractivity contribution in [1.82, 2.24) is 4.98 Å². The standard InChI is InChI=1S/C27H33N3O/c1-3-4-14-25(31-2)23-18-22-13-10-17-30(20-21-11-6-5-7-12-21)27(22)24(19-23)29-26-15-8-9-16-28-26/h5-9,11-12,15-16,18-19,25H,3-4,10,13-14,17,20H2,1-2H3,(H,28,29). The number of methoxy groups -OCH3 is 1. The number of nitrogens with zero attached hydrogens (tertiary/aromatic N) is 2. The Labute approximate surface area is 186 Å². The summed E-state index contributed by atoms with van der Waals surface area (Å²) in [5.41, 5.74) is 6.42. The van der Waals surface area contributed by atoms with Gasteiger partial charge in [0.25, 0.3) is 0 Å². The van der Waals surface area contributed by atoms with Crippen LogP contribution in [-0.4, -0.2) is 18.6 Å². The Morgan fingerprint density at radius 2 is 1.94 bits per heavy atom. The molecule has 31 heavy (non-hydrogen) atoms. The number of aryl methyl sites for hydroxylation is 1. The number of rotatable bonds is 9. The van der Waals surface area contributed by atoms with Gasteiger partial charge >= 0.3 is 0 Å². The molecule has 1 aliphatic heterocycles. The Morgan fingerprint density at radius 3 is 2.68 bits per heavy atom. The van der Waals surface area contributed by atoms with Crippen molar-refractivity contribution in [1.29, 1.82) is 0 Å². The largest absolute Gasteiger partial charge is 0.377 e. The molecule has 4 heteroatoms. The second kappa shape index (κ2) is 10.5. The van der Waals surface area contributed by atoms with E-state index in [0.717, 1.165) is 37.4 Å². The summed E-state index contributed by atoms with van der Waals surface area (Å²) in [6.07, 6.45) is 7.60. The Kier molecular flexibility index (Phi) is 7.21. The van der Waals surface area contributed by atoms with Crippen LogP contribution in [0.25, 0.3) is 0 Å². The number of unbranched alkanes of at least 4 members (excludes halogenated alkanes) is 1. The third-order valence-corrected chi connectivity index (χ3v) is 6.02. The predicted molar refractivity (Wildman–Crippen MR) is 129 cm³/mol. The number of aromatic nitrogens is 1. The summed E-state index contributed by atoms with van der Waals surface area (Å²) in [4.78, 5) is 7.03. The van der Waals surface area contributed by atoms with Crippen molar-refractivity contribution < 1.29 is 4.74 Å². The monoisotopic (exact) mass is 415 g/mol. The highest BCUT2D eigenvalue weighted by Crippen LogP contribution is 2.40. The summed E-state index contributed by atoms with van der Waals surface area (Å²) >= 11 is 0. The lowest BCUT2D eigenvalue weighted by atomic mass is 9.93. The number of hydrogen-bond acceptors (Lipinski definition) is 4. The van der Waals surface area contributed by atoms with Crippen LogP contribution in [0.1, 0.15) is 55.4 Å². The van der Waals surface area contributed by atoms with Crippen molar-refractivity contribution in [3.05, 3.63) is 83.6 Å². The Balaban J connectivity index is 1.73.